The van der Waals surface area contributed by atoms with E-state index in [1.54, 1.807) is 6.20 Å². The van der Waals surface area contributed by atoms with Crippen molar-refractivity contribution in [3.63, 3.8) is 0 Å². The van der Waals surface area contributed by atoms with Crippen LogP contribution in [0.2, 0.25) is 0 Å². The second-order valence-corrected chi connectivity index (χ2v) is 7.15. The number of aliphatic imine (C=N–C) groups is 1. The monoisotopic (exact) mass is 344 g/mol. The van der Waals surface area contributed by atoms with Crippen molar-refractivity contribution < 1.29 is 8.78 Å². The predicted octanol–water partition coefficient (Wildman–Crippen LogP) is 3.96. The molecule has 1 aliphatic carbocycles. The van der Waals surface area contributed by atoms with Crippen molar-refractivity contribution >= 4 is 11.5 Å². The summed E-state index contributed by atoms with van der Waals surface area (Å²) in [5.74, 6) is -1.54. The van der Waals surface area contributed by atoms with E-state index in [-0.39, 0.29) is 18.8 Å². The van der Waals surface area contributed by atoms with Gasteiger partial charge in [-0.3, -0.25) is 9.98 Å². The third-order valence-electron chi connectivity index (χ3n) is 5.17. The van der Waals surface area contributed by atoms with Gasteiger partial charge in [0.05, 0.1) is 11.4 Å². The van der Waals surface area contributed by atoms with Crippen molar-refractivity contribution in [1.29, 1.82) is 0 Å². The SMILES string of the molecule is Cc1ccnc(C)c1NC1=NCCc2c1ccn2CC1CC(F)(F)C1. The van der Waals surface area contributed by atoms with Gasteiger partial charge in [0, 0.05) is 56.0 Å². The molecule has 0 amide bonds. The van der Waals surface area contributed by atoms with Gasteiger partial charge in [-0.2, -0.15) is 0 Å². The van der Waals surface area contributed by atoms with Gasteiger partial charge in [0.25, 0.3) is 0 Å². The summed E-state index contributed by atoms with van der Waals surface area (Å²) in [6, 6.07) is 4.01. The Hall–Kier alpha value is -2.24. The van der Waals surface area contributed by atoms with Crippen molar-refractivity contribution in [1.82, 2.24) is 9.55 Å². The van der Waals surface area contributed by atoms with E-state index in [4.69, 9.17) is 0 Å². The zero-order chi connectivity index (χ0) is 17.6. The molecular formula is C19H22F2N4. The van der Waals surface area contributed by atoms with Crippen LogP contribution >= 0.6 is 0 Å². The van der Waals surface area contributed by atoms with E-state index in [1.165, 1.54) is 5.69 Å². The smallest absolute Gasteiger partial charge is 0.248 e. The molecule has 0 radical (unpaired) electrons. The summed E-state index contributed by atoms with van der Waals surface area (Å²) in [7, 11) is 0. The molecule has 2 aromatic rings. The molecule has 6 heteroatoms. The quantitative estimate of drug-likeness (QED) is 0.916. The highest BCUT2D eigenvalue weighted by Crippen LogP contribution is 2.43. The number of fused-ring (bicyclic) bond motifs is 1. The van der Waals surface area contributed by atoms with E-state index in [1.807, 2.05) is 32.2 Å². The molecule has 0 bridgehead atoms. The molecule has 2 aromatic heterocycles. The molecule has 1 saturated carbocycles. The molecule has 4 nitrogen and oxygen atoms in total. The number of nitrogens with one attached hydrogen (secondary N) is 1. The Labute approximate surface area is 146 Å². The van der Waals surface area contributed by atoms with E-state index in [9.17, 15) is 8.78 Å². The van der Waals surface area contributed by atoms with Gasteiger partial charge in [0.2, 0.25) is 5.92 Å². The molecule has 3 heterocycles. The van der Waals surface area contributed by atoms with Crippen LogP contribution in [-0.4, -0.2) is 27.9 Å². The molecule has 0 atom stereocenters. The molecule has 0 aromatic carbocycles. The number of hydrogen-bond donors (Lipinski definition) is 1. The van der Waals surface area contributed by atoms with E-state index in [0.29, 0.717) is 13.1 Å². The van der Waals surface area contributed by atoms with Crippen LogP contribution in [0.4, 0.5) is 14.5 Å². The first-order chi connectivity index (χ1) is 11.9. The molecule has 132 valence electrons. The van der Waals surface area contributed by atoms with E-state index in [2.05, 4.69) is 19.9 Å². The number of pyridine rings is 1. The lowest BCUT2D eigenvalue weighted by Crippen LogP contribution is -2.38. The average Bonchev–Trinajstić information content (AvgIpc) is 2.93. The van der Waals surface area contributed by atoms with Crippen LogP contribution in [0.3, 0.4) is 0 Å². The standard InChI is InChI=1S/C19H22F2N4/c1-12-3-6-22-13(2)17(12)24-18-15-5-8-25(16(15)4-7-23-18)11-14-9-19(20,21)10-14/h3,5-6,8,14H,4,7,9-11H2,1-2H3,(H,23,24). The molecule has 4 rings (SSSR count). The zero-order valence-electron chi connectivity index (χ0n) is 14.5. The highest BCUT2D eigenvalue weighted by atomic mass is 19.3. The zero-order valence-corrected chi connectivity index (χ0v) is 14.5. The first-order valence-corrected chi connectivity index (χ1v) is 8.73. The molecule has 0 spiro atoms. The summed E-state index contributed by atoms with van der Waals surface area (Å²) >= 11 is 0. The number of hydrogen-bond acceptors (Lipinski definition) is 3. The molecule has 25 heavy (non-hydrogen) atoms. The van der Waals surface area contributed by atoms with Crippen LogP contribution in [-0.2, 0) is 13.0 Å². The number of amidine groups is 1. The van der Waals surface area contributed by atoms with E-state index >= 15 is 0 Å². The molecule has 0 saturated heterocycles. The molecule has 2 aliphatic rings. The fourth-order valence-corrected chi connectivity index (χ4v) is 3.83. The summed E-state index contributed by atoms with van der Waals surface area (Å²) in [5.41, 5.74) is 5.30. The number of aromatic nitrogens is 2. The lowest BCUT2D eigenvalue weighted by molar-refractivity contribution is -0.114. The first-order valence-electron chi connectivity index (χ1n) is 8.73. The van der Waals surface area contributed by atoms with Gasteiger partial charge >= 0.3 is 0 Å². The molecule has 1 fully saturated rings. The maximum Gasteiger partial charge on any atom is 0.248 e. The van der Waals surface area contributed by atoms with Gasteiger partial charge in [-0.15, -0.1) is 0 Å². The number of nitrogens with zero attached hydrogens (tertiary/aromatic N) is 3. The van der Waals surface area contributed by atoms with Crippen LogP contribution in [0.15, 0.2) is 29.5 Å². The Kier molecular flexibility index (Phi) is 3.85. The normalized spacial score (nSPS) is 19.1. The van der Waals surface area contributed by atoms with Gasteiger partial charge < -0.3 is 9.88 Å². The second kappa shape index (κ2) is 5.93. The fraction of sp³-hybridized carbons (Fsp3) is 0.474. The Balaban J connectivity index is 1.55. The van der Waals surface area contributed by atoms with Crippen molar-refractivity contribution in [3.05, 3.63) is 47.0 Å². The Morgan fingerprint density at radius 2 is 2.08 bits per heavy atom. The summed E-state index contributed by atoms with van der Waals surface area (Å²) in [6.45, 7) is 5.40. The molecule has 0 unspecified atom stereocenters. The van der Waals surface area contributed by atoms with Crippen molar-refractivity contribution in [2.45, 2.75) is 45.6 Å². The second-order valence-electron chi connectivity index (χ2n) is 7.15. The van der Waals surface area contributed by atoms with Crippen molar-refractivity contribution in [2.75, 3.05) is 11.9 Å². The van der Waals surface area contributed by atoms with Gasteiger partial charge in [-0.25, -0.2) is 8.78 Å². The number of anilines is 1. The summed E-state index contributed by atoms with van der Waals surface area (Å²) in [4.78, 5) is 8.99. The Morgan fingerprint density at radius 1 is 1.28 bits per heavy atom. The largest absolute Gasteiger partial charge is 0.350 e. The first kappa shape index (κ1) is 16.2. The summed E-state index contributed by atoms with van der Waals surface area (Å²) in [5, 5.41) is 3.44. The summed E-state index contributed by atoms with van der Waals surface area (Å²) < 4.78 is 28.3. The number of halogens is 2. The van der Waals surface area contributed by atoms with Crippen LogP contribution in [0.5, 0.6) is 0 Å². The minimum Gasteiger partial charge on any atom is -0.350 e. The summed E-state index contributed by atoms with van der Waals surface area (Å²) in [6.07, 6.45) is 4.67. The van der Waals surface area contributed by atoms with Gasteiger partial charge in [0.1, 0.15) is 5.84 Å². The van der Waals surface area contributed by atoms with E-state index < -0.39 is 5.92 Å². The number of rotatable bonds is 3. The highest BCUT2D eigenvalue weighted by Gasteiger charge is 2.45. The average molecular weight is 344 g/mol. The molecule has 1 N–H and O–H groups in total. The Morgan fingerprint density at radius 3 is 2.80 bits per heavy atom. The lowest BCUT2D eigenvalue weighted by atomic mass is 9.81. The van der Waals surface area contributed by atoms with Gasteiger partial charge in [-0.1, -0.05) is 0 Å². The minimum absolute atomic E-state index is 0.00717. The van der Waals surface area contributed by atoms with E-state index in [0.717, 1.165) is 34.8 Å². The van der Waals surface area contributed by atoms with Crippen molar-refractivity contribution in [3.8, 4) is 0 Å². The topological polar surface area (TPSA) is 42.2 Å². The predicted molar refractivity (Wildman–Crippen MR) is 94.5 cm³/mol. The maximum absolute atomic E-state index is 13.1. The Bertz CT molecular complexity index is 810. The third-order valence-corrected chi connectivity index (χ3v) is 5.17. The lowest BCUT2D eigenvalue weighted by Gasteiger charge is -2.35. The number of alkyl halides is 2. The molecule has 1 aliphatic heterocycles. The van der Waals surface area contributed by atoms with Gasteiger partial charge in [0.15, 0.2) is 0 Å². The maximum atomic E-state index is 13.1. The van der Waals surface area contributed by atoms with Crippen LogP contribution < -0.4 is 5.32 Å². The van der Waals surface area contributed by atoms with Crippen LogP contribution in [0.25, 0.3) is 0 Å². The van der Waals surface area contributed by atoms with Crippen LogP contribution in [0, 0.1) is 19.8 Å². The van der Waals surface area contributed by atoms with Crippen molar-refractivity contribution in [2.24, 2.45) is 10.9 Å². The number of aryl methyl sites for hydroxylation is 2. The minimum atomic E-state index is -2.46. The molecular weight excluding hydrogens is 322 g/mol. The van der Waals surface area contributed by atoms with Gasteiger partial charge in [-0.05, 0) is 37.5 Å². The third kappa shape index (κ3) is 3.05. The highest BCUT2D eigenvalue weighted by molar-refractivity contribution is 6.10. The van der Waals surface area contributed by atoms with Crippen LogP contribution in [0.1, 0.15) is 35.4 Å². The fourth-order valence-electron chi connectivity index (χ4n) is 3.83.